The minimum atomic E-state index is -0.0443. The molecule has 0 aromatic heterocycles. The molecule has 1 aliphatic carbocycles. The Kier molecular flexibility index (Phi) is 4.75. The molecule has 0 heterocycles. The third-order valence-electron chi connectivity index (χ3n) is 6.33. The molecule has 4 aromatic rings. The summed E-state index contributed by atoms with van der Waals surface area (Å²) < 4.78 is 0. The molecule has 152 valence electrons. The highest BCUT2D eigenvalue weighted by molar-refractivity contribution is 5.86. The van der Waals surface area contributed by atoms with Crippen molar-refractivity contribution in [3.63, 3.8) is 0 Å². The highest BCUT2D eigenvalue weighted by Crippen LogP contribution is 2.50. The van der Waals surface area contributed by atoms with Gasteiger partial charge in [-0.3, -0.25) is 0 Å². The van der Waals surface area contributed by atoms with Gasteiger partial charge in [-0.1, -0.05) is 86.7 Å². The third-order valence-corrected chi connectivity index (χ3v) is 6.33. The molecule has 0 radical (unpaired) electrons. The summed E-state index contributed by atoms with van der Waals surface area (Å²) in [5.41, 5.74) is 10.2. The molecule has 0 spiro atoms. The summed E-state index contributed by atoms with van der Waals surface area (Å²) in [6.45, 7) is 6.76. The summed E-state index contributed by atoms with van der Waals surface area (Å²) in [6, 6.07) is 35.0. The van der Waals surface area contributed by atoms with Gasteiger partial charge in [-0.15, -0.1) is 0 Å². The van der Waals surface area contributed by atoms with E-state index in [1.807, 2.05) is 0 Å². The van der Waals surface area contributed by atoms with E-state index in [0.717, 1.165) is 11.4 Å². The number of benzene rings is 4. The maximum Gasteiger partial charge on any atom is 0.0465 e. The summed E-state index contributed by atoms with van der Waals surface area (Å²) in [5, 5.41) is 0. The van der Waals surface area contributed by atoms with E-state index in [9.17, 15) is 0 Å². The number of nitrogens with zero attached hydrogens (tertiary/aromatic N) is 1. The molecule has 0 bridgehead atoms. The molecular weight excluding hydrogens is 374 g/mol. The van der Waals surface area contributed by atoms with E-state index in [2.05, 4.69) is 135 Å². The van der Waals surface area contributed by atoms with E-state index in [0.29, 0.717) is 0 Å². The number of rotatable bonds is 4. The van der Waals surface area contributed by atoms with Crippen molar-refractivity contribution >= 4 is 23.1 Å². The zero-order valence-corrected chi connectivity index (χ0v) is 18.3. The van der Waals surface area contributed by atoms with Gasteiger partial charge in [-0.25, -0.2) is 0 Å². The van der Waals surface area contributed by atoms with Gasteiger partial charge in [0.15, 0.2) is 0 Å². The molecule has 1 nitrogen and oxygen atoms in total. The van der Waals surface area contributed by atoms with Gasteiger partial charge in [-0.05, 0) is 71.1 Å². The van der Waals surface area contributed by atoms with Crippen molar-refractivity contribution in [2.24, 2.45) is 0 Å². The van der Waals surface area contributed by atoms with Gasteiger partial charge < -0.3 is 4.90 Å². The van der Waals surface area contributed by atoms with Crippen LogP contribution in [-0.2, 0) is 5.41 Å². The van der Waals surface area contributed by atoms with Crippen molar-refractivity contribution < 1.29 is 0 Å². The molecule has 31 heavy (non-hydrogen) atoms. The maximum absolute atomic E-state index is 2.38. The normalized spacial score (nSPS) is 13.8. The highest BCUT2D eigenvalue weighted by Gasteiger charge is 2.36. The van der Waals surface area contributed by atoms with Crippen molar-refractivity contribution in [3.8, 4) is 11.1 Å². The van der Waals surface area contributed by atoms with Gasteiger partial charge in [0, 0.05) is 22.5 Å². The lowest BCUT2D eigenvalue weighted by Gasteiger charge is -2.28. The van der Waals surface area contributed by atoms with Crippen LogP contribution in [0.2, 0.25) is 0 Å². The first-order valence-electron chi connectivity index (χ1n) is 10.9. The van der Waals surface area contributed by atoms with E-state index < -0.39 is 0 Å². The molecule has 0 aliphatic heterocycles. The molecule has 0 unspecified atom stereocenters. The molecule has 5 rings (SSSR count). The Labute approximate surface area is 185 Å². The van der Waals surface area contributed by atoms with Gasteiger partial charge in [0.05, 0.1) is 0 Å². The van der Waals surface area contributed by atoms with Crippen LogP contribution >= 0.6 is 0 Å². The van der Waals surface area contributed by atoms with E-state index in [1.165, 1.54) is 33.5 Å². The summed E-state index contributed by atoms with van der Waals surface area (Å²) in [5.74, 6) is 0. The van der Waals surface area contributed by atoms with Crippen LogP contribution in [0.25, 0.3) is 17.2 Å². The molecule has 0 N–H and O–H groups in total. The van der Waals surface area contributed by atoms with Crippen molar-refractivity contribution in [1.82, 2.24) is 0 Å². The highest BCUT2D eigenvalue weighted by atomic mass is 15.1. The molecule has 4 aromatic carbocycles. The van der Waals surface area contributed by atoms with Crippen LogP contribution in [0.3, 0.4) is 0 Å². The van der Waals surface area contributed by atoms with Crippen LogP contribution < -0.4 is 4.90 Å². The predicted molar refractivity (Wildman–Crippen MR) is 133 cm³/mol. The van der Waals surface area contributed by atoms with Gasteiger partial charge in [0.2, 0.25) is 0 Å². The lowest BCUT2D eigenvalue weighted by atomic mass is 9.81. The summed E-state index contributed by atoms with van der Waals surface area (Å²) in [4.78, 5) is 2.34. The van der Waals surface area contributed by atoms with E-state index in [-0.39, 0.29) is 5.41 Å². The first kappa shape index (κ1) is 19.4. The number of hydrogen-bond donors (Lipinski definition) is 0. The summed E-state index contributed by atoms with van der Waals surface area (Å²) in [6.07, 6.45) is 4.28. The molecule has 0 fully saturated rings. The SMILES string of the molecule is C/C=C/c1ccc2c(c1)C(C)(C)c1cc(N(c3ccccc3)c3ccccc3)ccc1-2. The average Bonchev–Trinajstić information content (AvgIpc) is 3.02. The van der Waals surface area contributed by atoms with Crippen LogP contribution in [0.4, 0.5) is 17.1 Å². The minimum absolute atomic E-state index is 0.0443. The number of allylic oxidation sites excluding steroid dienone is 1. The van der Waals surface area contributed by atoms with Gasteiger partial charge in [0.25, 0.3) is 0 Å². The molecule has 0 saturated heterocycles. The fourth-order valence-electron chi connectivity index (χ4n) is 4.78. The van der Waals surface area contributed by atoms with Crippen LogP contribution in [0.15, 0.2) is 103 Å². The number of anilines is 3. The number of hydrogen-bond acceptors (Lipinski definition) is 1. The van der Waals surface area contributed by atoms with E-state index >= 15 is 0 Å². The standard InChI is InChI=1S/C30H27N/c1-4-11-22-16-18-26-27-19-17-25(21-29(27)30(2,3)28(26)20-22)31(23-12-7-5-8-13-23)24-14-9-6-10-15-24/h4-21H,1-3H3/b11-4+. The summed E-state index contributed by atoms with van der Waals surface area (Å²) in [7, 11) is 0. The Bertz CT molecular complexity index is 1210. The summed E-state index contributed by atoms with van der Waals surface area (Å²) >= 11 is 0. The van der Waals surface area contributed by atoms with E-state index in [4.69, 9.17) is 0 Å². The van der Waals surface area contributed by atoms with Crippen molar-refractivity contribution in [2.45, 2.75) is 26.2 Å². The number of para-hydroxylation sites is 2. The van der Waals surface area contributed by atoms with Crippen LogP contribution in [0.1, 0.15) is 37.5 Å². The molecule has 1 aliphatic rings. The average molecular weight is 402 g/mol. The van der Waals surface area contributed by atoms with Crippen LogP contribution in [0.5, 0.6) is 0 Å². The van der Waals surface area contributed by atoms with Gasteiger partial charge >= 0.3 is 0 Å². The van der Waals surface area contributed by atoms with Crippen molar-refractivity contribution in [1.29, 1.82) is 0 Å². The zero-order valence-electron chi connectivity index (χ0n) is 18.3. The monoisotopic (exact) mass is 401 g/mol. The van der Waals surface area contributed by atoms with Crippen molar-refractivity contribution in [3.05, 3.63) is 120 Å². The minimum Gasteiger partial charge on any atom is -0.310 e. The second-order valence-electron chi connectivity index (χ2n) is 8.67. The second-order valence-corrected chi connectivity index (χ2v) is 8.67. The molecular formula is C30H27N. The van der Waals surface area contributed by atoms with Crippen LogP contribution in [0, 0.1) is 0 Å². The fraction of sp³-hybridized carbons (Fsp3) is 0.133. The topological polar surface area (TPSA) is 3.24 Å². The van der Waals surface area contributed by atoms with Crippen LogP contribution in [-0.4, -0.2) is 0 Å². The molecule has 0 saturated carbocycles. The fourth-order valence-corrected chi connectivity index (χ4v) is 4.78. The first-order chi connectivity index (χ1) is 15.1. The number of fused-ring (bicyclic) bond motifs is 3. The second kappa shape index (κ2) is 7.59. The maximum atomic E-state index is 2.38. The zero-order chi connectivity index (χ0) is 21.4. The third kappa shape index (κ3) is 3.27. The van der Waals surface area contributed by atoms with E-state index in [1.54, 1.807) is 0 Å². The van der Waals surface area contributed by atoms with Gasteiger partial charge in [-0.2, -0.15) is 0 Å². The Morgan fingerprint density at radius 3 is 1.74 bits per heavy atom. The molecule has 0 atom stereocenters. The van der Waals surface area contributed by atoms with Crippen molar-refractivity contribution in [2.75, 3.05) is 4.90 Å². The largest absolute Gasteiger partial charge is 0.310 e. The Hall–Kier alpha value is -3.58. The quantitative estimate of drug-likeness (QED) is 0.331. The predicted octanol–water partition coefficient (Wildman–Crippen LogP) is 8.50. The Morgan fingerprint density at radius 1 is 0.613 bits per heavy atom. The molecule has 1 heteroatoms. The molecule has 0 amide bonds. The van der Waals surface area contributed by atoms with Gasteiger partial charge in [0.1, 0.15) is 0 Å². The lowest BCUT2D eigenvalue weighted by molar-refractivity contribution is 0.660. The smallest absolute Gasteiger partial charge is 0.0465 e. The lowest BCUT2D eigenvalue weighted by Crippen LogP contribution is -2.16. The first-order valence-corrected chi connectivity index (χ1v) is 10.9. The Balaban J connectivity index is 1.67. The Morgan fingerprint density at radius 2 is 1.16 bits per heavy atom.